The van der Waals surface area contributed by atoms with Crippen molar-refractivity contribution in [1.29, 1.82) is 0 Å². The monoisotopic (exact) mass is 155 g/mol. The zero-order valence-corrected chi connectivity index (χ0v) is 6.77. The molecule has 1 heterocycles. The summed E-state index contributed by atoms with van der Waals surface area (Å²) < 4.78 is 0. The molecule has 0 bridgehead atoms. The first kappa shape index (κ1) is 7.34. The summed E-state index contributed by atoms with van der Waals surface area (Å²) in [4.78, 5) is 8.11. The van der Waals surface area contributed by atoms with E-state index in [1.807, 2.05) is 13.2 Å². The third kappa shape index (κ3) is 1.60. The predicted octanol–water partition coefficient (Wildman–Crippen LogP) is 1.09. The van der Waals surface area contributed by atoms with Gasteiger partial charge < -0.3 is 5.73 Å². The number of aromatic nitrogens is 2. The average molecular weight is 155 g/mol. The van der Waals surface area contributed by atoms with Crippen LogP contribution in [0.15, 0.2) is 11.2 Å². The van der Waals surface area contributed by atoms with Crippen LogP contribution in [0.2, 0.25) is 0 Å². The molecule has 0 amide bonds. The zero-order valence-electron chi connectivity index (χ0n) is 5.96. The van der Waals surface area contributed by atoms with Gasteiger partial charge in [-0.1, -0.05) is 11.8 Å². The maximum absolute atomic E-state index is 5.47. The largest absolute Gasteiger partial charge is 0.384 e. The third-order valence-corrected chi connectivity index (χ3v) is 1.58. The fourth-order valence-corrected chi connectivity index (χ4v) is 1.09. The first-order chi connectivity index (χ1) is 4.72. The summed E-state index contributed by atoms with van der Waals surface area (Å²) >= 11 is 1.49. The molecule has 4 heteroatoms. The molecular weight excluding hydrogens is 146 g/mol. The Bertz CT molecular complexity index is 216. The van der Waals surface area contributed by atoms with E-state index in [1.54, 1.807) is 6.07 Å². The summed E-state index contributed by atoms with van der Waals surface area (Å²) in [6.07, 6.45) is 1.92. The van der Waals surface area contributed by atoms with Crippen LogP contribution in [-0.2, 0) is 0 Å². The van der Waals surface area contributed by atoms with E-state index < -0.39 is 0 Å². The lowest BCUT2D eigenvalue weighted by atomic mass is 10.4. The molecule has 0 fully saturated rings. The van der Waals surface area contributed by atoms with Gasteiger partial charge in [0.05, 0.1) is 0 Å². The van der Waals surface area contributed by atoms with E-state index in [1.165, 1.54) is 11.8 Å². The van der Waals surface area contributed by atoms with E-state index in [4.69, 9.17) is 5.73 Å². The Morgan fingerprint density at radius 3 is 2.70 bits per heavy atom. The van der Waals surface area contributed by atoms with E-state index in [-0.39, 0.29) is 0 Å². The molecule has 0 spiro atoms. The van der Waals surface area contributed by atoms with Gasteiger partial charge in [-0.25, -0.2) is 9.97 Å². The SMILES string of the molecule is CSc1nc(C)cc(N)n1. The van der Waals surface area contributed by atoms with Gasteiger partial charge in [-0.05, 0) is 13.2 Å². The van der Waals surface area contributed by atoms with E-state index in [9.17, 15) is 0 Å². The van der Waals surface area contributed by atoms with Crippen LogP contribution >= 0.6 is 11.8 Å². The minimum Gasteiger partial charge on any atom is -0.384 e. The first-order valence-electron chi connectivity index (χ1n) is 2.87. The van der Waals surface area contributed by atoms with Gasteiger partial charge in [-0.2, -0.15) is 0 Å². The van der Waals surface area contributed by atoms with Gasteiger partial charge >= 0.3 is 0 Å². The van der Waals surface area contributed by atoms with Crippen molar-refractivity contribution in [2.75, 3.05) is 12.0 Å². The van der Waals surface area contributed by atoms with Crippen LogP contribution in [0.25, 0.3) is 0 Å². The summed E-state index contributed by atoms with van der Waals surface area (Å²) in [6.45, 7) is 1.90. The Morgan fingerprint density at radius 2 is 2.20 bits per heavy atom. The molecule has 0 saturated carbocycles. The molecule has 0 aromatic carbocycles. The van der Waals surface area contributed by atoms with Crippen LogP contribution in [0.4, 0.5) is 5.82 Å². The molecule has 3 nitrogen and oxygen atoms in total. The van der Waals surface area contributed by atoms with Crippen molar-refractivity contribution in [2.45, 2.75) is 12.1 Å². The Balaban J connectivity index is 3.06. The minimum atomic E-state index is 0.539. The van der Waals surface area contributed by atoms with Crippen molar-refractivity contribution < 1.29 is 0 Å². The summed E-state index contributed by atoms with van der Waals surface area (Å²) in [5, 5.41) is 0.734. The van der Waals surface area contributed by atoms with Crippen molar-refractivity contribution in [3.05, 3.63) is 11.8 Å². The number of thioether (sulfide) groups is 1. The molecule has 1 aromatic rings. The molecule has 0 aliphatic rings. The second-order valence-corrected chi connectivity index (χ2v) is 2.69. The quantitative estimate of drug-likeness (QED) is 0.487. The number of aryl methyl sites for hydroxylation is 1. The highest BCUT2D eigenvalue weighted by Crippen LogP contribution is 2.10. The van der Waals surface area contributed by atoms with Crippen LogP contribution in [0, 0.1) is 6.92 Å². The summed E-state index contributed by atoms with van der Waals surface area (Å²) in [6, 6.07) is 1.75. The van der Waals surface area contributed by atoms with Crippen molar-refractivity contribution in [3.63, 3.8) is 0 Å². The second kappa shape index (κ2) is 2.88. The van der Waals surface area contributed by atoms with Gasteiger partial charge in [-0.15, -0.1) is 0 Å². The standard InChI is InChI=1S/C6H9N3S/c1-4-3-5(7)9-6(8-4)10-2/h3H,1-2H3,(H2,7,8,9). The lowest BCUT2D eigenvalue weighted by Gasteiger charge is -1.97. The number of nitrogen functional groups attached to an aromatic ring is 1. The Kier molecular flexibility index (Phi) is 2.11. The van der Waals surface area contributed by atoms with E-state index in [0.29, 0.717) is 5.82 Å². The van der Waals surface area contributed by atoms with Crippen LogP contribution < -0.4 is 5.73 Å². The highest BCUT2D eigenvalue weighted by atomic mass is 32.2. The molecule has 0 aliphatic carbocycles. The molecule has 10 heavy (non-hydrogen) atoms. The maximum Gasteiger partial charge on any atom is 0.189 e. The number of nitrogens with zero attached hydrogens (tertiary/aromatic N) is 2. The van der Waals surface area contributed by atoms with Gasteiger partial charge in [0.25, 0.3) is 0 Å². The summed E-state index contributed by atoms with van der Waals surface area (Å²) in [5.74, 6) is 0.539. The van der Waals surface area contributed by atoms with Gasteiger partial charge in [0, 0.05) is 11.8 Å². The van der Waals surface area contributed by atoms with Gasteiger partial charge in [-0.3, -0.25) is 0 Å². The van der Waals surface area contributed by atoms with Crippen molar-refractivity contribution in [3.8, 4) is 0 Å². The molecule has 2 N–H and O–H groups in total. The van der Waals surface area contributed by atoms with Gasteiger partial charge in [0.2, 0.25) is 0 Å². The molecule has 0 aliphatic heterocycles. The molecule has 0 radical (unpaired) electrons. The van der Waals surface area contributed by atoms with E-state index in [0.717, 1.165) is 10.9 Å². The number of hydrogen-bond donors (Lipinski definition) is 1. The molecule has 0 atom stereocenters. The van der Waals surface area contributed by atoms with Crippen LogP contribution in [-0.4, -0.2) is 16.2 Å². The fourth-order valence-electron chi connectivity index (χ4n) is 0.656. The average Bonchev–Trinajstić information content (AvgIpc) is 1.85. The lowest BCUT2D eigenvalue weighted by molar-refractivity contribution is 0.943. The van der Waals surface area contributed by atoms with Crippen molar-refractivity contribution in [1.82, 2.24) is 9.97 Å². The molecule has 0 saturated heterocycles. The highest BCUT2D eigenvalue weighted by molar-refractivity contribution is 7.98. The molecule has 1 rings (SSSR count). The number of anilines is 1. The molecular formula is C6H9N3S. The van der Waals surface area contributed by atoms with Gasteiger partial charge in [0.15, 0.2) is 5.16 Å². The van der Waals surface area contributed by atoms with Crippen LogP contribution in [0.3, 0.4) is 0 Å². The van der Waals surface area contributed by atoms with E-state index >= 15 is 0 Å². The molecule has 1 aromatic heterocycles. The smallest absolute Gasteiger partial charge is 0.189 e. The highest BCUT2D eigenvalue weighted by Gasteiger charge is 1.95. The molecule has 0 unspecified atom stereocenters. The van der Waals surface area contributed by atoms with Gasteiger partial charge in [0.1, 0.15) is 5.82 Å². The normalized spacial score (nSPS) is 9.80. The summed E-state index contributed by atoms with van der Waals surface area (Å²) in [7, 11) is 0. The van der Waals surface area contributed by atoms with E-state index in [2.05, 4.69) is 9.97 Å². The molecule has 54 valence electrons. The summed E-state index contributed by atoms with van der Waals surface area (Å²) in [5.41, 5.74) is 6.38. The minimum absolute atomic E-state index is 0.539. The van der Waals surface area contributed by atoms with Crippen LogP contribution in [0.5, 0.6) is 0 Å². The number of rotatable bonds is 1. The fraction of sp³-hybridized carbons (Fsp3) is 0.333. The Hall–Kier alpha value is -0.770. The second-order valence-electron chi connectivity index (χ2n) is 1.92. The Labute approximate surface area is 64.1 Å². The third-order valence-electron chi connectivity index (χ3n) is 1.04. The Morgan fingerprint density at radius 1 is 1.50 bits per heavy atom. The number of nitrogens with two attached hydrogens (primary N) is 1. The number of hydrogen-bond acceptors (Lipinski definition) is 4. The van der Waals surface area contributed by atoms with Crippen molar-refractivity contribution in [2.24, 2.45) is 0 Å². The van der Waals surface area contributed by atoms with Crippen LogP contribution in [0.1, 0.15) is 5.69 Å². The van der Waals surface area contributed by atoms with Crippen molar-refractivity contribution >= 4 is 17.6 Å². The topological polar surface area (TPSA) is 51.8 Å². The maximum atomic E-state index is 5.47. The lowest BCUT2D eigenvalue weighted by Crippen LogP contribution is -1.95. The predicted molar refractivity (Wildman–Crippen MR) is 43.0 cm³/mol. The zero-order chi connectivity index (χ0) is 7.56. The first-order valence-corrected chi connectivity index (χ1v) is 4.10.